The molecule has 1 N–H and O–H groups in total. The van der Waals surface area contributed by atoms with E-state index < -0.39 is 5.82 Å². The molecule has 5 nitrogen and oxygen atoms in total. The molecule has 0 aliphatic heterocycles. The highest BCUT2D eigenvalue weighted by atomic mass is 32.2. The van der Waals surface area contributed by atoms with Crippen molar-refractivity contribution in [2.45, 2.75) is 5.16 Å². The van der Waals surface area contributed by atoms with Crippen LogP contribution >= 0.6 is 11.8 Å². The third-order valence-corrected chi connectivity index (χ3v) is 4.49. The first-order valence-electron chi connectivity index (χ1n) is 7.33. The zero-order chi connectivity index (χ0) is 17.4. The summed E-state index contributed by atoms with van der Waals surface area (Å²) in [6.07, 6.45) is 0. The number of ketones is 1. The third-order valence-electron chi connectivity index (χ3n) is 3.66. The number of aromatic amines is 1. The second-order valence-electron chi connectivity index (χ2n) is 5.33. The van der Waals surface area contributed by atoms with Gasteiger partial charge in [0, 0.05) is 16.5 Å². The van der Waals surface area contributed by atoms with Gasteiger partial charge in [0.05, 0.1) is 5.75 Å². The fourth-order valence-electron chi connectivity index (χ4n) is 2.44. The van der Waals surface area contributed by atoms with Crippen molar-refractivity contribution >= 4 is 39.6 Å². The fraction of sp³-hybridized carbons (Fsp3) is 0.0588. The van der Waals surface area contributed by atoms with Gasteiger partial charge in [-0.05, 0) is 42.5 Å². The number of carbonyl (C=O) groups is 1. The van der Waals surface area contributed by atoms with Gasteiger partial charge in [0.25, 0.3) is 0 Å². The van der Waals surface area contributed by atoms with Crippen molar-refractivity contribution in [2.75, 3.05) is 5.75 Å². The zero-order valence-corrected chi connectivity index (χ0v) is 13.5. The van der Waals surface area contributed by atoms with Gasteiger partial charge in [0.1, 0.15) is 17.2 Å². The molecule has 4 aromatic rings. The molecule has 0 saturated heterocycles. The maximum absolute atomic E-state index is 13.4. The second kappa shape index (κ2) is 6.21. The van der Waals surface area contributed by atoms with Crippen LogP contribution in [0.5, 0.6) is 0 Å². The summed E-state index contributed by atoms with van der Waals surface area (Å²) in [7, 11) is 0. The Labute approximate surface area is 144 Å². The maximum Gasteiger partial charge on any atom is 0.211 e. The van der Waals surface area contributed by atoms with E-state index in [4.69, 9.17) is 0 Å². The van der Waals surface area contributed by atoms with E-state index in [0.29, 0.717) is 32.8 Å². The van der Waals surface area contributed by atoms with Gasteiger partial charge in [0.15, 0.2) is 11.4 Å². The molecule has 0 saturated carbocycles. The zero-order valence-electron chi connectivity index (χ0n) is 12.7. The molecule has 2 aromatic carbocycles. The molecule has 8 heteroatoms. The molecule has 0 aliphatic rings. The van der Waals surface area contributed by atoms with Crippen molar-refractivity contribution in [3.05, 3.63) is 59.7 Å². The Bertz CT molecular complexity index is 1100. The van der Waals surface area contributed by atoms with Gasteiger partial charge in [-0.3, -0.25) is 4.79 Å². The average Bonchev–Trinajstić information content (AvgIpc) is 2.97. The van der Waals surface area contributed by atoms with Gasteiger partial charge in [-0.2, -0.15) is 0 Å². The van der Waals surface area contributed by atoms with Gasteiger partial charge in [-0.25, -0.2) is 13.8 Å². The van der Waals surface area contributed by atoms with Crippen LogP contribution < -0.4 is 0 Å². The number of rotatable bonds is 4. The number of halogens is 2. The predicted molar refractivity (Wildman–Crippen MR) is 90.6 cm³/mol. The summed E-state index contributed by atoms with van der Waals surface area (Å²) in [4.78, 5) is 19.5. The first-order valence-corrected chi connectivity index (χ1v) is 8.32. The lowest BCUT2D eigenvalue weighted by molar-refractivity contribution is 0.102. The van der Waals surface area contributed by atoms with Gasteiger partial charge in [-0.1, -0.05) is 11.8 Å². The average molecular weight is 356 g/mol. The van der Waals surface area contributed by atoms with Gasteiger partial charge >= 0.3 is 0 Å². The second-order valence-corrected chi connectivity index (χ2v) is 6.27. The minimum atomic E-state index is -0.391. The number of Topliss-reactive ketones (excluding diaryl/α,β-unsaturated/α-hetero) is 1. The molecule has 0 amide bonds. The smallest absolute Gasteiger partial charge is 0.211 e. The molecule has 2 aromatic heterocycles. The van der Waals surface area contributed by atoms with Gasteiger partial charge in [0.2, 0.25) is 5.16 Å². The van der Waals surface area contributed by atoms with Gasteiger partial charge < -0.3 is 4.98 Å². The van der Waals surface area contributed by atoms with Crippen LogP contribution in [0, 0.1) is 11.6 Å². The number of benzene rings is 2. The predicted octanol–water partition coefficient (Wildman–Crippen LogP) is 3.76. The number of H-pyrrole nitrogens is 1. The molecule has 124 valence electrons. The number of carbonyl (C=O) groups excluding carboxylic acids is 1. The minimum absolute atomic E-state index is 0.105. The van der Waals surface area contributed by atoms with E-state index >= 15 is 0 Å². The van der Waals surface area contributed by atoms with Crippen LogP contribution in [0.4, 0.5) is 8.78 Å². The minimum Gasteiger partial charge on any atom is -0.338 e. The Morgan fingerprint density at radius 2 is 1.80 bits per heavy atom. The van der Waals surface area contributed by atoms with E-state index in [0.717, 1.165) is 11.8 Å². The summed E-state index contributed by atoms with van der Waals surface area (Å²) < 4.78 is 26.3. The number of nitrogens with one attached hydrogen (secondary N) is 1. The highest BCUT2D eigenvalue weighted by Gasteiger charge is 2.12. The topological polar surface area (TPSA) is 71.5 Å². The number of hydrogen-bond donors (Lipinski definition) is 1. The number of thioether (sulfide) groups is 1. The van der Waals surface area contributed by atoms with E-state index in [1.165, 1.54) is 36.4 Å². The lowest BCUT2D eigenvalue weighted by Gasteiger charge is -2.00. The summed E-state index contributed by atoms with van der Waals surface area (Å²) >= 11 is 1.13. The Kier molecular flexibility index (Phi) is 3.89. The standard InChI is InChI=1S/C17H10F2N4OS/c18-10-3-1-9(2-4-10)14(24)8-25-17-21-16-15(22-23-17)12-7-11(19)5-6-13(12)20-16/h1-7H,8H2,(H,20,21,23). The molecule has 0 fully saturated rings. The lowest BCUT2D eigenvalue weighted by Crippen LogP contribution is -2.03. The van der Waals surface area contributed by atoms with Crippen molar-refractivity contribution < 1.29 is 13.6 Å². The SMILES string of the molecule is O=C(CSc1nnc2c(n1)[nH]c1ccc(F)cc12)c1ccc(F)cc1. The van der Waals surface area contributed by atoms with Crippen molar-refractivity contribution in [1.29, 1.82) is 0 Å². The Morgan fingerprint density at radius 1 is 1.04 bits per heavy atom. The van der Waals surface area contributed by atoms with Crippen LogP contribution in [-0.2, 0) is 0 Å². The Hall–Kier alpha value is -2.87. The monoisotopic (exact) mass is 356 g/mol. The van der Waals surface area contributed by atoms with Crippen molar-refractivity contribution in [3.8, 4) is 0 Å². The molecule has 25 heavy (non-hydrogen) atoms. The summed E-state index contributed by atoms with van der Waals surface area (Å²) in [6.45, 7) is 0. The van der Waals surface area contributed by atoms with Crippen LogP contribution in [0.3, 0.4) is 0 Å². The largest absolute Gasteiger partial charge is 0.338 e. The van der Waals surface area contributed by atoms with Crippen molar-refractivity contribution in [2.24, 2.45) is 0 Å². The molecule has 0 radical (unpaired) electrons. The highest BCUT2D eigenvalue weighted by molar-refractivity contribution is 7.99. The quantitative estimate of drug-likeness (QED) is 0.445. The molecule has 0 unspecified atom stereocenters. The van der Waals surface area contributed by atoms with Crippen LogP contribution in [0.25, 0.3) is 22.1 Å². The van der Waals surface area contributed by atoms with E-state index in [9.17, 15) is 13.6 Å². The number of aromatic nitrogens is 4. The molecule has 0 atom stereocenters. The molecule has 2 heterocycles. The number of hydrogen-bond acceptors (Lipinski definition) is 5. The lowest BCUT2D eigenvalue weighted by atomic mass is 10.1. The molecular weight excluding hydrogens is 346 g/mol. The van der Waals surface area contributed by atoms with E-state index in [1.54, 1.807) is 6.07 Å². The van der Waals surface area contributed by atoms with E-state index in [2.05, 4.69) is 20.2 Å². The molecule has 0 bridgehead atoms. The first-order chi connectivity index (χ1) is 12.1. The summed E-state index contributed by atoms with van der Waals surface area (Å²) in [5.41, 5.74) is 2.09. The van der Waals surface area contributed by atoms with Crippen LogP contribution in [-0.4, -0.2) is 31.7 Å². The number of nitrogens with zero attached hydrogens (tertiary/aromatic N) is 3. The molecule has 0 aliphatic carbocycles. The molecular formula is C17H10F2N4OS. The normalized spacial score (nSPS) is 11.3. The summed E-state index contributed by atoms with van der Waals surface area (Å²) in [5, 5.41) is 9.00. The fourth-order valence-corrected chi connectivity index (χ4v) is 3.12. The highest BCUT2D eigenvalue weighted by Crippen LogP contribution is 2.24. The molecule has 0 spiro atoms. The number of fused-ring (bicyclic) bond motifs is 3. The first kappa shape index (κ1) is 15.6. The Balaban J connectivity index is 1.56. The van der Waals surface area contributed by atoms with Crippen molar-refractivity contribution in [3.63, 3.8) is 0 Å². The van der Waals surface area contributed by atoms with Gasteiger partial charge in [-0.15, -0.1) is 10.2 Å². The Morgan fingerprint density at radius 3 is 2.60 bits per heavy atom. The third kappa shape index (κ3) is 3.08. The molecule has 4 rings (SSSR count). The summed E-state index contributed by atoms with van der Waals surface area (Å²) in [6, 6.07) is 9.69. The van der Waals surface area contributed by atoms with E-state index in [-0.39, 0.29) is 17.4 Å². The van der Waals surface area contributed by atoms with Crippen LogP contribution in [0.15, 0.2) is 47.6 Å². The summed E-state index contributed by atoms with van der Waals surface area (Å²) in [5.74, 6) is -0.809. The van der Waals surface area contributed by atoms with E-state index in [1.807, 2.05) is 0 Å². The van der Waals surface area contributed by atoms with Crippen LogP contribution in [0.1, 0.15) is 10.4 Å². The maximum atomic E-state index is 13.4. The van der Waals surface area contributed by atoms with Crippen molar-refractivity contribution in [1.82, 2.24) is 20.2 Å². The van der Waals surface area contributed by atoms with Crippen LogP contribution in [0.2, 0.25) is 0 Å².